The van der Waals surface area contributed by atoms with Gasteiger partial charge in [0.2, 0.25) is 5.60 Å². The van der Waals surface area contributed by atoms with Crippen molar-refractivity contribution in [1.82, 2.24) is 0 Å². The second kappa shape index (κ2) is 7.85. The molecule has 0 radical (unpaired) electrons. The van der Waals surface area contributed by atoms with Crippen LogP contribution in [0.15, 0.2) is 48.5 Å². The van der Waals surface area contributed by atoms with Crippen LogP contribution >= 0.6 is 11.6 Å². The lowest BCUT2D eigenvalue weighted by molar-refractivity contribution is -0.242. The van der Waals surface area contributed by atoms with Gasteiger partial charge in [-0.1, -0.05) is 29.8 Å². The molecule has 27 heavy (non-hydrogen) atoms. The largest absolute Gasteiger partial charge is 0.426 e. The maximum atomic E-state index is 12.7. The molecule has 146 valence electrons. The van der Waals surface area contributed by atoms with Gasteiger partial charge in [0.25, 0.3) is 17.2 Å². The molecule has 3 N–H and O–H groups in total. The molecule has 0 spiro atoms. The van der Waals surface area contributed by atoms with Crippen LogP contribution in [0.2, 0.25) is 5.02 Å². The SMILES string of the molecule is C[C@@](O)(C(=O)Nc1ccc(N(c2ccccc2)S(=O)O)cc1Cl)C(F)(F)F. The van der Waals surface area contributed by atoms with E-state index < -0.39 is 29.0 Å². The third kappa shape index (κ3) is 4.59. The van der Waals surface area contributed by atoms with Gasteiger partial charge in [0, 0.05) is 0 Å². The van der Waals surface area contributed by atoms with E-state index in [1.165, 1.54) is 12.1 Å². The minimum Gasteiger partial charge on any atom is -0.373 e. The fourth-order valence-electron chi connectivity index (χ4n) is 2.00. The molecule has 1 unspecified atom stereocenters. The highest BCUT2D eigenvalue weighted by Gasteiger charge is 2.55. The van der Waals surface area contributed by atoms with Crippen LogP contribution < -0.4 is 9.62 Å². The number of para-hydroxylation sites is 1. The van der Waals surface area contributed by atoms with E-state index in [2.05, 4.69) is 0 Å². The summed E-state index contributed by atoms with van der Waals surface area (Å²) in [6.07, 6.45) is -5.18. The number of carbonyl (C=O) groups excluding carboxylic acids is 1. The molecule has 2 aromatic rings. The van der Waals surface area contributed by atoms with Gasteiger partial charge in [-0.2, -0.15) is 13.2 Å². The molecule has 0 aromatic heterocycles. The first kappa shape index (κ1) is 21.2. The van der Waals surface area contributed by atoms with Crippen LogP contribution in [-0.2, 0) is 16.1 Å². The molecule has 6 nitrogen and oxygen atoms in total. The number of alkyl halides is 3. The number of anilines is 3. The lowest BCUT2D eigenvalue weighted by atomic mass is 10.1. The molecule has 0 heterocycles. The molecule has 0 saturated carbocycles. The van der Waals surface area contributed by atoms with Gasteiger partial charge in [0.15, 0.2) is 0 Å². The fourth-order valence-corrected chi connectivity index (χ4v) is 2.82. The van der Waals surface area contributed by atoms with Gasteiger partial charge in [-0.15, -0.1) is 0 Å². The van der Waals surface area contributed by atoms with Crippen molar-refractivity contribution < 1.29 is 31.8 Å². The van der Waals surface area contributed by atoms with E-state index in [1.54, 1.807) is 30.3 Å². The molecule has 0 aliphatic rings. The van der Waals surface area contributed by atoms with Crippen molar-refractivity contribution in [1.29, 1.82) is 0 Å². The van der Waals surface area contributed by atoms with Crippen molar-refractivity contribution >= 4 is 45.8 Å². The summed E-state index contributed by atoms with van der Waals surface area (Å²) >= 11 is 3.53. The zero-order valence-corrected chi connectivity index (χ0v) is 15.3. The Morgan fingerprint density at radius 3 is 2.22 bits per heavy atom. The predicted octanol–water partition coefficient (Wildman–Crippen LogP) is 3.87. The minimum absolute atomic E-state index is 0.160. The highest BCUT2D eigenvalue weighted by molar-refractivity contribution is 7.81. The highest BCUT2D eigenvalue weighted by Crippen LogP contribution is 2.35. The monoisotopic (exact) mass is 422 g/mol. The molecule has 2 rings (SSSR count). The van der Waals surface area contributed by atoms with Crippen molar-refractivity contribution in [3.05, 3.63) is 53.6 Å². The standard InChI is InChI=1S/C16H14ClF3N2O4S/c1-15(24,16(18,19)20)14(23)21-13-8-7-11(9-12(13)17)22(27(25)26)10-5-3-2-4-6-10/h2-9,24H,1H3,(H,21,23)(H,25,26)/t15-/m1/s1. The van der Waals surface area contributed by atoms with Gasteiger partial charge >= 0.3 is 6.18 Å². The predicted molar refractivity (Wildman–Crippen MR) is 96.1 cm³/mol. The van der Waals surface area contributed by atoms with E-state index in [-0.39, 0.29) is 16.4 Å². The van der Waals surface area contributed by atoms with Crippen LogP contribution in [0.3, 0.4) is 0 Å². The van der Waals surface area contributed by atoms with Crippen LogP contribution in [0.4, 0.5) is 30.2 Å². The smallest absolute Gasteiger partial charge is 0.373 e. The Hall–Kier alpha value is -2.14. The second-order valence-electron chi connectivity index (χ2n) is 5.55. The summed E-state index contributed by atoms with van der Waals surface area (Å²) in [5, 5.41) is 11.1. The van der Waals surface area contributed by atoms with Crippen molar-refractivity contribution in [3.8, 4) is 0 Å². The topological polar surface area (TPSA) is 89.9 Å². The molecular formula is C16H14ClF3N2O4S. The van der Waals surface area contributed by atoms with E-state index in [1.807, 2.05) is 5.32 Å². The zero-order chi connectivity index (χ0) is 20.4. The lowest BCUT2D eigenvalue weighted by Crippen LogP contribution is -2.52. The first-order chi connectivity index (χ1) is 12.4. The van der Waals surface area contributed by atoms with Crippen LogP contribution in [0.25, 0.3) is 0 Å². The molecule has 1 amide bonds. The number of benzene rings is 2. The Balaban J connectivity index is 2.32. The third-order valence-electron chi connectivity index (χ3n) is 3.58. The first-order valence-corrected chi connectivity index (χ1v) is 8.75. The van der Waals surface area contributed by atoms with E-state index in [9.17, 15) is 31.8 Å². The van der Waals surface area contributed by atoms with Gasteiger partial charge in [-0.3, -0.25) is 9.35 Å². The number of halogens is 4. The Labute approximate surface area is 160 Å². The second-order valence-corrected chi connectivity index (χ2v) is 6.78. The summed E-state index contributed by atoms with van der Waals surface area (Å²) in [6.45, 7) is 0.316. The Morgan fingerprint density at radius 1 is 1.15 bits per heavy atom. The molecule has 0 bridgehead atoms. The number of hydrogen-bond donors (Lipinski definition) is 3. The molecule has 0 aliphatic carbocycles. The van der Waals surface area contributed by atoms with Gasteiger partial charge in [0.05, 0.1) is 22.1 Å². The number of nitrogens with one attached hydrogen (secondary N) is 1. The number of amides is 1. The first-order valence-electron chi connectivity index (χ1n) is 7.31. The molecular weight excluding hydrogens is 409 g/mol. The fraction of sp³-hybridized carbons (Fsp3) is 0.188. The molecule has 0 saturated heterocycles. The van der Waals surface area contributed by atoms with Crippen LogP contribution in [-0.4, -0.2) is 31.6 Å². The minimum atomic E-state index is -5.18. The maximum Gasteiger partial charge on any atom is 0.426 e. The number of rotatable bonds is 5. The number of aliphatic hydroxyl groups is 1. The van der Waals surface area contributed by atoms with Crippen LogP contribution in [0, 0.1) is 0 Å². The maximum absolute atomic E-state index is 12.7. The molecule has 0 fully saturated rings. The highest BCUT2D eigenvalue weighted by atomic mass is 35.5. The number of carbonyl (C=O) groups is 1. The summed E-state index contributed by atoms with van der Waals surface area (Å²) < 4.78 is 60.4. The van der Waals surface area contributed by atoms with E-state index in [0.717, 1.165) is 10.4 Å². The normalized spacial score (nSPS) is 14.9. The van der Waals surface area contributed by atoms with Crippen molar-refractivity contribution in [2.24, 2.45) is 0 Å². The Morgan fingerprint density at radius 2 is 1.74 bits per heavy atom. The van der Waals surface area contributed by atoms with Gasteiger partial charge in [-0.25, -0.2) is 8.51 Å². The average Bonchev–Trinajstić information content (AvgIpc) is 2.57. The number of hydrogen-bond acceptors (Lipinski definition) is 3. The van der Waals surface area contributed by atoms with Gasteiger partial charge in [-0.05, 0) is 37.3 Å². The molecule has 0 aliphatic heterocycles. The molecule has 2 aromatic carbocycles. The van der Waals surface area contributed by atoms with E-state index >= 15 is 0 Å². The Kier molecular flexibility index (Phi) is 6.15. The van der Waals surface area contributed by atoms with E-state index in [0.29, 0.717) is 12.6 Å². The average molecular weight is 423 g/mol. The molecule has 11 heteroatoms. The van der Waals surface area contributed by atoms with Gasteiger partial charge < -0.3 is 10.4 Å². The van der Waals surface area contributed by atoms with Crippen LogP contribution in [0.1, 0.15) is 6.92 Å². The van der Waals surface area contributed by atoms with Crippen molar-refractivity contribution in [3.63, 3.8) is 0 Å². The summed E-state index contributed by atoms with van der Waals surface area (Å²) in [5.74, 6) is -1.71. The summed E-state index contributed by atoms with van der Waals surface area (Å²) in [5.41, 5.74) is -3.29. The Bertz CT molecular complexity index is 862. The van der Waals surface area contributed by atoms with Crippen molar-refractivity contribution in [2.75, 3.05) is 9.62 Å². The summed E-state index contributed by atoms with van der Waals surface area (Å²) in [7, 11) is 0. The number of nitrogens with zero attached hydrogens (tertiary/aromatic N) is 1. The quantitative estimate of drug-likeness (QED) is 0.638. The summed E-state index contributed by atoms with van der Waals surface area (Å²) in [6, 6.07) is 11.8. The lowest BCUT2D eigenvalue weighted by Gasteiger charge is -2.25. The zero-order valence-electron chi connectivity index (χ0n) is 13.7. The molecule has 2 atom stereocenters. The van der Waals surface area contributed by atoms with E-state index in [4.69, 9.17) is 11.6 Å². The van der Waals surface area contributed by atoms with Crippen LogP contribution in [0.5, 0.6) is 0 Å². The third-order valence-corrected chi connectivity index (χ3v) is 4.62. The van der Waals surface area contributed by atoms with Crippen molar-refractivity contribution in [2.45, 2.75) is 18.7 Å². The van der Waals surface area contributed by atoms with Gasteiger partial charge in [0.1, 0.15) is 0 Å². The summed E-state index contributed by atoms with van der Waals surface area (Å²) in [4.78, 5) is 11.7.